The molecule has 22 nitrogen and oxygen atoms in total. The van der Waals surface area contributed by atoms with Crippen LogP contribution in [0.4, 0.5) is 34.1 Å². The molecular weight excluding hydrogens is 837 g/mol. The van der Waals surface area contributed by atoms with Gasteiger partial charge in [-0.1, -0.05) is 0 Å². The zero-order chi connectivity index (χ0) is 45.9. The van der Waals surface area contributed by atoms with Crippen LogP contribution in [0.5, 0.6) is 0 Å². The Labute approximate surface area is 361 Å². The van der Waals surface area contributed by atoms with Gasteiger partial charge in [-0.3, -0.25) is 24.9 Å². The van der Waals surface area contributed by atoms with E-state index in [4.69, 9.17) is 0 Å². The van der Waals surface area contributed by atoms with E-state index in [1.807, 2.05) is 0 Å². The van der Waals surface area contributed by atoms with Crippen LogP contribution in [0.1, 0.15) is 62.3 Å². The number of carbonyl (C=O) groups is 6. The lowest BCUT2D eigenvalue weighted by molar-refractivity contribution is 0.0681. The number of nitrogens with zero attached hydrogens (tertiary/aromatic N) is 10. The van der Waals surface area contributed by atoms with E-state index in [1.165, 1.54) is 79.6 Å². The standard InChI is InChI=1S/C42H36N10O12/c53-37(54)25-9-31(20-43-15-25)49(5-7-51(30-1-2-48-36(14-30)42(63)64)33-11-27(39(57)58)17-45-22-33)3-4-50(32-10-26(38(55)56)16-44-21-32)6-8-52(34-12-28(40(59)60)18-46-23-34)35-13-29(41(61)62)19-47-24-35/h1-2,9-24H,3-8H2,(H,53,54)(H,55,56)(H,57,58)(H,59,60)(H,61,62)(H,63,64). The van der Waals surface area contributed by atoms with Gasteiger partial charge in [0.15, 0.2) is 0 Å². The molecule has 0 bridgehead atoms. The molecule has 0 aliphatic rings. The highest BCUT2D eigenvalue weighted by molar-refractivity contribution is 5.92. The lowest BCUT2D eigenvalue weighted by Crippen LogP contribution is -2.41. The van der Waals surface area contributed by atoms with Gasteiger partial charge in [0, 0.05) is 82.1 Å². The largest absolute Gasteiger partial charge is 0.478 e. The number of aromatic nitrogens is 6. The van der Waals surface area contributed by atoms with Crippen molar-refractivity contribution in [1.29, 1.82) is 0 Å². The molecule has 0 aliphatic carbocycles. The summed E-state index contributed by atoms with van der Waals surface area (Å²) in [6.45, 7) is 0.292. The molecule has 6 aromatic rings. The SMILES string of the molecule is O=C(O)c1cncc(N(CCN(CCN(c2cncc(C(=O)O)c2)c2ccnc(C(=O)O)c2)c2cncc(C(=O)O)c2)CCN(c2cncc(C(=O)O)c2)c2cncc(C(=O)O)c2)c1. The van der Waals surface area contributed by atoms with Crippen LogP contribution in [-0.2, 0) is 0 Å². The maximum Gasteiger partial charge on any atom is 0.354 e. The fourth-order valence-electron chi connectivity index (χ4n) is 6.45. The molecule has 326 valence electrons. The lowest BCUT2D eigenvalue weighted by Gasteiger charge is -2.34. The first-order valence-electron chi connectivity index (χ1n) is 18.8. The summed E-state index contributed by atoms with van der Waals surface area (Å²) in [6, 6.07) is 9.65. The predicted octanol–water partition coefficient (Wildman–Crippen LogP) is 4.24. The fraction of sp³-hybridized carbons (Fsp3) is 0.143. The van der Waals surface area contributed by atoms with Crippen molar-refractivity contribution in [2.75, 3.05) is 58.9 Å². The topological polar surface area (TPSA) is 314 Å². The average Bonchev–Trinajstić information content (AvgIpc) is 3.29. The molecule has 0 aliphatic heterocycles. The molecule has 0 atom stereocenters. The Morgan fingerprint density at radius 1 is 0.359 bits per heavy atom. The number of rotatable bonds is 21. The van der Waals surface area contributed by atoms with Crippen LogP contribution in [0.25, 0.3) is 0 Å². The molecule has 6 N–H and O–H groups in total. The molecule has 22 heteroatoms. The second kappa shape index (κ2) is 20.0. The van der Waals surface area contributed by atoms with E-state index in [1.54, 1.807) is 19.6 Å². The molecule has 6 aromatic heterocycles. The third kappa shape index (κ3) is 11.0. The summed E-state index contributed by atoms with van der Waals surface area (Å²) in [5, 5.41) is 58.7. The van der Waals surface area contributed by atoms with Gasteiger partial charge in [-0.05, 0) is 42.5 Å². The Balaban J connectivity index is 1.39. The molecule has 0 fully saturated rings. The molecule has 0 unspecified atom stereocenters. The third-order valence-corrected chi connectivity index (χ3v) is 9.62. The molecule has 0 saturated heterocycles. The monoisotopic (exact) mass is 872 g/mol. The molecule has 0 spiro atoms. The second-order valence-corrected chi connectivity index (χ2v) is 13.7. The van der Waals surface area contributed by atoms with Crippen LogP contribution in [0.15, 0.2) is 111 Å². The normalized spacial score (nSPS) is 10.7. The van der Waals surface area contributed by atoms with Gasteiger partial charge in [-0.2, -0.15) is 0 Å². The molecule has 0 radical (unpaired) electrons. The van der Waals surface area contributed by atoms with Crippen molar-refractivity contribution in [3.05, 3.63) is 144 Å². The molecule has 0 saturated carbocycles. The summed E-state index contributed by atoms with van der Waals surface area (Å²) >= 11 is 0. The summed E-state index contributed by atoms with van der Waals surface area (Å²) < 4.78 is 0. The van der Waals surface area contributed by atoms with E-state index in [0.29, 0.717) is 17.1 Å². The summed E-state index contributed by atoms with van der Waals surface area (Å²) in [5.74, 6) is -7.61. The Bertz CT molecular complexity index is 2440. The van der Waals surface area contributed by atoms with E-state index < -0.39 is 35.8 Å². The third-order valence-electron chi connectivity index (χ3n) is 9.62. The Morgan fingerprint density at radius 2 is 0.656 bits per heavy atom. The highest BCUT2D eigenvalue weighted by Crippen LogP contribution is 2.29. The van der Waals surface area contributed by atoms with Gasteiger partial charge in [-0.25, -0.2) is 33.8 Å². The maximum atomic E-state index is 12.1. The van der Waals surface area contributed by atoms with Crippen molar-refractivity contribution >= 4 is 69.9 Å². The first-order valence-corrected chi connectivity index (χ1v) is 18.8. The van der Waals surface area contributed by atoms with Gasteiger partial charge in [-0.15, -0.1) is 0 Å². The summed E-state index contributed by atoms with van der Waals surface area (Å²) in [6.07, 6.45) is 14.1. The van der Waals surface area contributed by atoms with Crippen LogP contribution in [0.3, 0.4) is 0 Å². The van der Waals surface area contributed by atoms with Crippen molar-refractivity contribution in [3.63, 3.8) is 0 Å². The van der Waals surface area contributed by atoms with E-state index in [2.05, 4.69) is 29.9 Å². The van der Waals surface area contributed by atoms with Crippen molar-refractivity contribution in [2.24, 2.45) is 0 Å². The number of carboxylic acid groups (broad SMARTS) is 6. The highest BCUT2D eigenvalue weighted by atomic mass is 16.4. The predicted molar refractivity (Wildman–Crippen MR) is 226 cm³/mol. The van der Waals surface area contributed by atoms with E-state index >= 15 is 0 Å². The summed E-state index contributed by atoms with van der Waals surface area (Å²) in [7, 11) is 0. The second-order valence-electron chi connectivity index (χ2n) is 13.7. The molecule has 0 aromatic carbocycles. The van der Waals surface area contributed by atoms with Crippen molar-refractivity contribution in [3.8, 4) is 0 Å². The summed E-state index contributed by atoms with van der Waals surface area (Å²) in [5.41, 5.74) is 0.768. The van der Waals surface area contributed by atoms with Crippen LogP contribution >= 0.6 is 0 Å². The number of carboxylic acids is 6. The number of hydrogen-bond donors (Lipinski definition) is 6. The van der Waals surface area contributed by atoms with E-state index in [9.17, 15) is 59.4 Å². The fourth-order valence-corrected chi connectivity index (χ4v) is 6.45. The van der Waals surface area contributed by atoms with E-state index in [0.717, 1.165) is 31.0 Å². The van der Waals surface area contributed by atoms with Crippen LogP contribution < -0.4 is 19.6 Å². The van der Waals surface area contributed by atoms with Crippen molar-refractivity contribution < 1.29 is 59.4 Å². The average molecular weight is 873 g/mol. The minimum Gasteiger partial charge on any atom is -0.478 e. The first kappa shape index (κ1) is 44.5. The van der Waals surface area contributed by atoms with E-state index in [-0.39, 0.29) is 89.8 Å². The molecular formula is C42H36N10O12. The zero-order valence-corrected chi connectivity index (χ0v) is 33.2. The molecule has 6 rings (SSSR count). The number of anilines is 6. The highest BCUT2D eigenvalue weighted by Gasteiger charge is 2.22. The lowest BCUT2D eigenvalue weighted by atomic mass is 10.2. The molecule has 64 heavy (non-hydrogen) atoms. The summed E-state index contributed by atoms with van der Waals surface area (Å²) in [4.78, 5) is 103. The van der Waals surface area contributed by atoms with Crippen molar-refractivity contribution in [1.82, 2.24) is 29.9 Å². The quantitative estimate of drug-likeness (QED) is 0.0589. The zero-order valence-electron chi connectivity index (χ0n) is 33.2. The van der Waals surface area contributed by atoms with Crippen molar-refractivity contribution in [2.45, 2.75) is 0 Å². The van der Waals surface area contributed by atoms with Gasteiger partial charge in [0.2, 0.25) is 0 Å². The molecule has 6 heterocycles. The number of pyridine rings is 6. The minimum atomic E-state index is -1.31. The Morgan fingerprint density at radius 3 is 0.984 bits per heavy atom. The minimum absolute atomic E-state index is 0.0114. The Hall–Kier alpha value is -9.08. The van der Waals surface area contributed by atoms with Gasteiger partial charge in [0.25, 0.3) is 0 Å². The van der Waals surface area contributed by atoms with Crippen LogP contribution in [0.2, 0.25) is 0 Å². The number of hydrogen-bond acceptors (Lipinski definition) is 16. The van der Waals surface area contributed by atoms with Gasteiger partial charge < -0.3 is 50.2 Å². The van der Waals surface area contributed by atoms with Crippen LogP contribution in [0, 0.1) is 0 Å². The van der Waals surface area contributed by atoms with Crippen LogP contribution in [-0.4, -0.2) is 136 Å². The Kier molecular flexibility index (Phi) is 13.9. The smallest absolute Gasteiger partial charge is 0.354 e. The van der Waals surface area contributed by atoms with Gasteiger partial charge >= 0.3 is 35.8 Å². The van der Waals surface area contributed by atoms with Gasteiger partial charge in [0.1, 0.15) is 5.69 Å². The first-order chi connectivity index (χ1) is 30.7. The maximum absolute atomic E-state index is 12.1. The van der Waals surface area contributed by atoms with Gasteiger partial charge in [0.05, 0.1) is 87.2 Å². The molecule has 0 amide bonds. The number of aromatic carboxylic acids is 6.